The lowest BCUT2D eigenvalue weighted by Crippen LogP contribution is -2.57. The Morgan fingerprint density at radius 1 is 1.03 bits per heavy atom. The van der Waals surface area contributed by atoms with E-state index in [0.717, 1.165) is 16.8 Å². The first kappa shape index (κ1) is 22.5. The average molecular weight is 474 g/mol. The number of benzene rings is 2. The summed E-state index contributed by atoms with van der Waals surface area (Å²) in [4.78, 5) is 33.7. The zero-order valence-corrected chi connectivity index (χ0v) is 20.3. The van der Waals surface area contributed by atoms with E-state index < -0.39 is 28.7 Å². The number of rotatable bonds is 2. The lowest BCUT2D eigenvalue weighted by molar-refractivity contribution is -0.169. The molecule has 2 aliphatic heterocycles. The van der Waals surface area contributed by atoms with Crippen molar-refractivity contribution < 1.29 is 24.3 Å². The van der Waals surface area contributed by atoms with E-state index in [2.05, 4.69) is 19.1 Å². The van der Waals surface area contributed by atoms with Gasteiger partial charge >= 0.3 is 5.97 Å². The lowest BCUT2D eigenvalue weighted by Gasteiger charge is -2.43. The van der Waals surface area contributed by atoms with Gasteiger partial charge in [0.25, 0.3) is 0 Å². The summed E-state index contributed by atoms with van der Waals surface area (Å²) in [5, 5.41) is 13.6. The number of ether oxygens (including phenoxy) is 1. The minimum absolute atomic E-state index is 0.157. The van der Waals surface area contributed by atoms with Crippen LogP contribution in [0.15, 0.2) is 66.7 Å². The molecule has 2 aromatic rings. The fraction of sp³-hybridized carbons (Fsp3) is 0.448. The molecule has 0 bridgehead atoms. The second-order valence-electron chi connectivity index (χ2n) is 10.9. The number of fused-ring (bicyclic) bond motifs is 4. The van der Waals surface area contributed by atoms with Gasteiger partial charge in [-0.3, -0.25) is 9.63 Å². The average Bonchev–Trinajstić information content (AvgIpc) is 3.45. The Morgan fingerprint density at radius 2 is 1.74 bits per heavy atom. The van der Waals surface area contributed by atoms with Crippen LogP contribution in [-0.2, 0) is 19.2 Å². The van der Waals surface area contributed by atoms with E-state index in [1.807, 2.05) is 54.5 Å². The first-order valence-corrected chi connectivity index (χ1v) is 12.5. The molecule has 6 nitrogen and oxygen atoms in total. The molecule has 0 amide bonds. The van der Waals surface area contributed by atoms with E-state index in [1.54, 1.807) is 13.0 Å². The highest BCUT2D eigenvalue weighted by Crippen LogP contribution is 2.61. The van der Waals surface area contributed by atoms with Crippen LogP contribution < -0.4 is 5.06 Å². The third-order valence-corrected chi connectivity index (χ3v) is 9.21. The molecule has 182 valence electrons. The van der Waals surface area contributed by atoms with Gasteiger partial charge in [0.1, 0.15) is 11.7 Å². The first-order chi connectivity index (χ1) is 16.7. The van der Waals surface area contributed by atoms with Crippen LogP contribution in [0.4, 0.5) is 5.69 Å². The van der Waals surface area contributed by atoms with E-state index in [4.69, 9.17) is 9.57 Å². The fourth-order valence-electron chi connectivity index (χ4n) is 7.03. The second-order valence-corrected chi connectivity index (χ2v) is 10.9. The number of aliphatic hydroxyl groups is 1. The van der Waals surface area contributed by atoms with Crippen LogP contribution in [-0.4, -0.2) is 34.2 Å². The van der Waals surface area contributed by atoms with E-state index in [9.17, 15) is 14.7 Å². The predicted molar refractivity (Wildman–Crippen MR) is 130 cm³/mol. The summed E-state index contributed by atoms with van der Waals surface area (Å²) in [6.07, 6.45) is 4.01. The van der Waals surface area contributed by atoms with Crippen molar-refractivity contribution in [3.63, 3.8) is 0 Å². The SMILES string of the molecule is Cc1ccccc1C1CC2(ON1c1ccccc1)C(=O)O[C@@H]1[C@H]2CC[C@H](C)[C@]2(O)C=CC(=O)[C@@]12C. The summed E-state index contributed by atoms with van der Waals surface area (Å²) in [6.45, 7) is 5.79. The number of para-hydroxylation sites is 1. The van der Waals surface area contributed by atoms with Gasteiger partial charge in [-0.05, 0) is 68.0 Å². The number of hydrogen-bond donors (Lipinski definition) is 1. The summed E-state index contributed by atoms with van der Waals surface area (Å²) >= 11 is 0. The summed E-state index contributed by atoms with van der Waals surface area (Å²) in [5.41, 5.74) is -0.765. The van der Waals surface area contributed by atoms with E-state index in [0.29, 0.717) is 19.3 Å². The molecule has 0 aromatic heterocycles. The molecule has 0 radical (unpaired) electrons. The van der Waals surface area contributed by atoms with Crippen LogP contribution in [0.5, 0.6) is 0 Å². The minimum Gasteiger partial charge on any atom is -0.459 e. The predicted octanol–water partition coefficient (Wildman–Crippen LogP) is 4.46. The van der Waals surface area contributed by atoms with Crippen LogP contribution in [0.2, 0.25) is 0 Å². The summed E-state index contributed by atoms with van der Waals surface area (Å²) < 4.78 is 6.07. The molecule has 35 heavy (non-hydrogen) atoms. The van der Waals surface area contributed by atoms with Gasteiger partial charge in [0.2, 0.25) is 5.60 Å². The lowest BCUT2D eigenvalue weighted by atomic mass is 9.63. The highest BCUT2D eigenvalue weighted by Gasteiger charge is 2.74. The van der Waals surface area contributed by atoms with Gasteiger partial charge < -0.3 is 9.84 Å². The topological polar surface area (TPSA) is 76.1 Å². The molecule has 2 aromatic carbocycles. The van der Waals surface area contributed by atoms with Gasteiger partial charge in [-0.2, -0.15) is 0 Å². The van der Waals surface area contributed by atoms with Crippen LogP contribution in [0.1, 0.15) is 50.3 Å². The van der Waals surface area contributed by atoms with Gasteiger partial charge in [0.15, 0.2) is 5.78 Å². The van der Waals surface area contributed by atoms with Crippen molar-refractivity contribution in [3.05, 3.63) is 77.9 Å². The van der Waals surface area contributed by atoms with Crippen molar-refractivity contribution in [3.8, 4) is 0 Å². The van der Waals surface area contributed by atoms with Crippen molar-refractivity contribution in [2.75, 3.05) is 5.06 Å². The third kappa shape index (κ3) is 2.84. The number of carbonyl (C=O) groups excluding carboxylic acids is 2. The van der Waals surface area contributed by atoms with Crippen molar-refractivity contribution >= 4 is 17.4 Å². The highest BCUT2D eigenvalue weighted by atomic mass is 16.7. The van der Waals surface area contributed by atoms with Gasteiger partial charge in [0.05, 0.1) is 17.1 Å². The third-order valence-electron chi connectivity index (χ3n) is 9.21. The molecule has 2 unspecified atom stereocenters. The quantitative estimate of drug-likeness (QED) is 0.649. The number of carbonyl (C=O) groups is 2. The Balaban J connectivity index is 1.47. The monoisotopic (exact) mass is 473 g/mol. The molecule has 2 heterocycles. The molecule has 1 saturated carbocycles. The van der Waals surface area contributed by atoms with Crippen LogP contribution in [0.25, 0.3) is 0 Å². The maximum Gasteiger partial charge on any atom is 0.342 e. The molecule has 1 spiro atoms. The highest BCUT2D eigenvalue weighted by molar-refractivity contribution is 6.00. The molecular weight excluding hydrogens is 442 g/mol. The number of anilines is 1. The number of esters is 1. The van der Waals surface area contributed by atoms with Crippen LogP contribution in [0, 0.1) is 24.2 Å². The van der Waals surface area contributed by atoms with Gasteiger partial charge in [-0.1, -0.05) is 49.4 Å². The minimum atomic E-state index is -1.36. The Bertz CT molecular complexity index is 1230. The second kappa shape index (κ2) is 7.52. The smallest absolute Gasteiger partial charge is 0.342 e. The number of nitrogens with zero attached hydrogens (tertiary/aromatic N) is 1. The normalized spacial score (nSPS) is 40.1. The molecule has 4 aliphatic rings. The molecular formula is C29H31NO5. The number of hydroxylamine groups is 1. The summed E-state index contributed by atoms with van der Waals surface area (Å²) in [7, 11) is 0. The van der Waals surface area contributed by atoms with Crippen molar-refractivity contribution in [2.24, 2.45) is 17.3 Å². The van der Waals surface area contributed by atoms with Crippen molar-refractivity contribution in [2.45, 2.75) is 63.4 Å². The largest absolute Gasteiger partial charge is 0.459 e. The Morgan fingerprint density at radius 3 is 2.49 bits per heavy atom. The van der Waals surface area contributed by atoms with Gasteiger partial charge in [-0.15, -0.1) is 0 Å². The first-order valence-electron chi connectivity index (χ1n) is 12.5. The van der Waals surface area contributed by atoms with Crippen molar-refractivity contribution in [1.82, 2.24) is 0 Å². The molecule has 2 aliphatic carbocycles. The number of allylic oxidation sites excluding steroid dienone is 1. The van der Waals surface area contributed by atoms with Crippen LogP contribution in [0.3, 0.4) is 0 Å². The molecule has 2 saturated heterocycles. The number of hydrogen-bond acceptors (Lipinski definition) is 6. The molecule has 7 atom stereocenters. The van der Waals surface area contributed by atoms with Gasteiger partial charge in [0, 0.05) is 12.3 Å². The Hall–Kier alpha value is -2.96. The Kier molecular flexibility index (Phi) is 4.83. The van der Waals surface area contributed by atoms with Gasteiger partial charge in [-0.25, -0.2) is 9.86 Å². The van der Waals surface area contributed by atoms with Crippen molar-refractivity contribution in [1.29, 1.82) is 0 Å². The van der Waals surface area contributed by atoms with E-state index in [1.165, 1.54) is 6.08 Å². The summed E-state index contributed by atoms with van der Waals surface area (Å²) in [5.74, 6) is -1.15. The van der Waals surface area contributed by atoms with E-state index >= 15 is 0 Å². The zero-order chi connectivity index (χ0) is 24.6. The maximum atomic E-state index is 13.8. The number of aryl methyl sites for hydroxylation is 1. The molecule has 3 fully saturated rings. The molecule has 1 N–H and O–H groups in total. The van der Waals surface area contributed by atoms with E-state index in [-0.39, 0.29) is 23.7 Å². The zero-order valence-electron chi connectivity index (χ0n) is 20.3. The standard InChI is InChI=1S/C29H31NO5/c1-18-9-7-8-12-21(18)23-17-28(35-30(23)20-10-5-4-6-11-20)22-14-13-19(2)29(33)16-15-24(31)27(29,3)25(22)34-26(28)32/h4-12,15-16,19,22-23,25,33H,13-14,17H2,1-3H3/t19-,22+,23?,25+,27-,28?,29+/m0/s1. The molecule has 6 heteroatoms. The Labute approximate surface area is 205 Å². The maximum absolute atomic E-state index is 13.8. The number of ketones is 1. The van der Waals surface area contributed by atoms with Crippen LogP contribution >= 0.6 is 0 Å². The fourth-order valence-corrected chi connectivity index (χ4v) is 7.03. The summed E-state index contributed by atoms with van der Waals surface area (Å²) in [6, 6.07) is 17.8. The molecule has 6 rings (SSSR count).